The van der Waals surface area contributed by atoms with E-state index in [1.54, 1.807) is 7.11 Å². The molecule has 0 amide bonds. The maximum absolute atomic E-state index is 5.81. The van der Waals surface area contributed by atoms with Crippen molar-refractivity contribution in [3.05, 3.63) is 28.3 Å². The molecule has 0 atom stereocenters. The van der Waals surface area contributed by atoms with E-state index in [1.807, 2.05) is 7.05 Å². The first-order chi connectivity index (χ1) is 7.51. The summed E-state index contributed by atoms with van der Waals surface area (Å²) in [7, 11) is 3.73. The lowest BCUT2D eigenvalue weighted by Crippen LogP contribution is -2.17. The lowest BCUT2D eigenvalue weighted by atomic mass is 9.97. The Balaban J connectivity index is 3.15. The molecule has 0 saturated carbocycles. The lowest BCUT2D eigenvalue weighted by Gasteiger charge is -2.20. The summed E-state index contributed by atoms with van der Waals surface area (Å²) in [6, 6.07) is 2.64. The number of methoxy groups -OCH3 is 1. The fraction of sp³-hybridized carbons (Fsp3) is 0.538. The number of hydrogen-bond donors (Lipinski definition) is 0. The molecule has 0 aromatic heterocycles. The normalized spacial score (nSPS) is 10.9. The quantitative estimate of drug-likeness (QED) is 0.593. The van der Waals surface area contributed by atoms with Crippen molar-refractivity contribution in [1.29, 1.82) is 0 Å². The highest BCUT2D eigenvalue weighted by molar-refractivity contribution is 6.17. The molecule has 0 aliphatic rings. The van der Waals surface area contributed by atoms with Crippen LogP contribution in [0.25, 0.3) is 0 Å². The van der Waals surface area contributed by atoms with Gasteiger partial charge >= 0.3 is 0 Å². The Morgan fingerprint density at radius 1 is 1.25 bits per heavy atom. The first-order valence-corrected chi connectivity index (χ1v) is 5.92. The fourth-order valence-electron chi connectivity index (χ4n) is 1.87. The van der Waals surface area contributed by atoms with Gasteiger partial charge in [0.05, 0.1) is 13.1 Å². The number of nitrogens with zero attached hydrogens (tertiary/aromatic N) is 1. The Morgan fingerprint density at radius 2 is 1.88 bits per heavy atom. The van der Waals surface area contributed by atoms with Gasteiger partial charge in [0.15, 0.2) is 0 Å². The molecule has 0 N–H and O–H groups in total. The van der Waals surface area contributed by atoms with E-state index < -0.39 is 0 Å². The van der Waals surface area contributed by atoms with E-state index >= 15 is 0 Å². The first kappa shape index (κ1) is 13.3. The zero-order chi connectivity index (χ0) is 12.3. The molecule has 0 bridgehead atoms. The summed E-state index contributed by atoms with van der Waals surface area (Å²) in [5.41, 5.74) is 5.12. The van der Waals surface area contributed by atoms with Crippen LogP contribution in [0.3, 0.4) is 0 Å². The van der Waals surface area contributed by atoms with Crippen molar-refractivity contribution in [2.75, 3.05) is 20.2 Å². The zero-order valence-electron chi connectivity index (χ0n) is 10.7. The summed E-state index contributed by atoms with van der Waals surface area (Å²) in [5.74, 6) is 0.965. The molecule has 1 aromatic rings. The standard InChI is InChI=1S/C13H20ClNO/c1-9-6-13(16-5)11(3)10(2)12(9)7-15(4)8-14/h6H,7-8H2,1-5H3. The average molecular weight is 242 g/mol. The van der Waals surface area contributed by atoms with Crippen molar-refractivity contribution in [3.63, 3.8) is 0 Å². The lowest BCUT2D eigenvalue weighted by molar-refractivity contribution is 0.378. The second kappa shape index (κ2) is 5.55. The van der Waals surface area contributed by atoms with Crippen LogP contribution in [0.4, 0.5) is 0 Å². The molecule has 0 aliphatic heterocycles. The van der Waals surface area contributed by atoms with Crippen LogP contribution in [-0.4, -0.2) is 25.1 Å². The number of rotatable bonds is 4. The number of ether oxygens (including phenoxy) is 1. The molecule has 0 fully saturated rings. The highest BCUT2D eigenvalue weighted by Crippen LogP contribution is 2.28. The topological polar surface area (TPSA) is 12.5 Å². The van der Waals surface area contributed by atoms with Crippen LogP contribution in [-0.2, 0) is 6.54 Å². The number of benzene rings is 1. The third-order valence-electron chi connectivity index (χ3n) is 3.06. The van der Waals surface area contributed by atoms with Crippen LogP contribution in [0.5, 0.6) is 5.75 Å². The van der Waals surface area contributed by atoms with Gasteiger partial charge in [0, 0.05) is 6.54 Å². The van der Waals surface area contributed by atoms with Gasteiger partial charge in [0.25, 0.3) is 0 Å². The van der Waals surface area contributed by atoms with E-state index in [0.29, 0.717) is 6.00 Å². The minimum absolute atomic E-state index is 0.546. The number of halogens is 1. The number of hydrogen-bond acceptors (Lipinski definition) is 2. The van der Waals surface area contributed by atoms with Crippen LogP contribution in [0.2, 0.25) is 0 Å². The fourth-order valence-corrected chi connectivity index (χ4v) is 1.95. The molecule has 1 aromatic carbocycles. The molecule has 0 heterocycles. The largest absolute Gasteiger partial charge is 0.496 e. The number of aryl methyl sites for hydroxylation is 1. The van der Waals surface area contributed by atoms with Crippen LogP contribution in [0.15, 0.2) is 6.07 Å². The van der Waals surface area contributed by atoms with Crippen LogP contribution in [0, 0.1) is 20.8 Å². The Bertz CT molecular complexity index is 377. The molecule has 0 spiro atoms. The van der Waals surface area contributed by atoms with E-state index in [9.17, 15) is 0 Å². The molecule has 0 saturated heterocycles. The highest BCUT2D eigenvalue weighted by atomic mass is 35.5. The predicted octanol–water partition coefficient (Wildman–Crippen LogP) is 3.25. The molecule has 1 rings (SSSR count). The maximum atomic E-state index is 5.81. The predicted molar refractivity (Wildman–Crippen MR) is 69.4 cm³/mol. The van der Waals surface area contributed by atoms with Crippen LogP contribution < -0.4 is 4.74 Å². The molecule has 2 nitrogen and oxygen atoms in total. The van der Waals surface area contributed by atoms with Gasteiger partial charge in [-0.1, -0.05) is 0 Å². The van der Waals surface area contributed by atoms with E-state index in [1.165, 1.54) is 22.3 Å². The van der Waals surface area contributed by atoms with E-state index in [4.69, 9.17) is 16.3 Å². The Labute approximate surface area is 103 Å². The Hall–Kier alpha value is -0.730. The SMILES string of the molecule is COc1cc(C)c(CN(C)CCl)c(C)c1C. The molecule has 90 valence electrons. The Kier molecular flexibility index (Phi) is 4.63. The molecular weight excluding hydrogens is 222 g/mol. The van der Waals surface area contributed by atoms with Gasteiger partial charge < -0.3 is 4.74 Å². The minimum atomic E-state index is 0.546. The molecular formula is C13H20ClNO. The van der Waals surface area contributed by atoms with Gasteiger partial charge in [-0.15, -0.1) is 11.6 Å². The van der Waals surface area contributed by atoms with Crippen molar-refractivity contribution in [3.8, 4) is 5.75 Å². The van der Waals surface area contributed by atoms with Gasteiger partial charge in [0.1, 0.15) is 5.75 Å². The molecule has 16 heavy (non-hydrogen) atoms. The summed E-state index contributed by atoms with van der Waals surface area (Å²) < 4.78 is 5.35. The van der Waals surface area contributed by atoms with Gasteiger partial charge in [0.2, 0.25) is 0 Å². The summed E-state index contributed by atoms with van der Waals surface area (Å²) in [6.45, 7) is 7.23. The Morgan fingerprint density at radius 3 is 2.38 bits per heavy atom. The smallest absolute Gasteiger partial charge is 0.122 e. The molecule has 0 unspecified atom stereocenters. The average Bonchev–Trinajstić information content (AvgIpc) is 2.28. The van der Waals surface area contributed by atoms with Crippen molar-refractivity contribution in [2.24, 2.45) is 0 Å². The maximum Gasteiger partial charge on any atom is 0.122 e. The molecule has 0 radical (unpaired) electrons. The third-order valence-corrected chi connectivity index (χ3v) is 3.47. The van der Waals surface area contributed by atoms with Crippen molar-refractivity contribution < 1.29 is 4.74 Å². The van der Waals surface area contributed by atoms with Crippen LogP contribution in [0.1, 0.15) is 22.3 Å². The summed E-state index contributed by atoms with van der Waals surface area (Å²) in [6.07, 6.45) is 0. The molecule has 0 aliphatic carbocycles. The van der Waals surface area contributed by atoms with Crippen molar-refractivity contribution >= 4 is 11.6 Å². The van der Waals surface area contributed by atoms with E-state index in [0.717, 1.165) is 12.3 Å². The first-order valence-electron chi connectivity index (χ1n) is 5.39. The monoisotopic (exact) mass is 241 g/mol. The second-order valence-corrected chi connectivity index (χ2v) is 4.50. The van der Waals surface area contributed by atoms with Gasteiger partial charge in [-0.25, -0.2) is 0 Å². The highest BCUT2D eigenvalue weighted by Gasteiger charge is 2.11. The van der Waals surface area contributed by atoms with Gasteiger partial charge in [-0.2, -0.15) is 0 Å². The summed E-state index contributed by atoms with van der Waals surface area (Å²) in [5, 5.41) is 0. The third kappa shape index (κ3) is 2.69. The van der Waals surface area contributed by atoms with Gasteiger partial charge in [-0.3, -0.25) is 4.90 Å². The minimum Gasteiger partial charge on any atom is -0.496 e. The van der Waals surface area contributed by atoms with Gasteiger partial charge in [-0.05, 0) is 56.1 Å². The van der Waals surface area contributed by atoms with Crippen molar-refractivity contribution in [2.45, 2.75) is 27.3 Å². The van der Waals surface area contributed by atoms with Crippen LogP contribution >= 0.6 is 11.6 Å². The van der Waals surface area contributed by atoms with E-state index in [2.05, 4.69) is 31.7 Å². The summed E-state index contributed by atoms with van der Waals surface area (Å²) in [4.78, 5) is 2.09. The number of alkyl halides is 1. The molecule has 3 heteroatoms. The second-order valence-electron chi connectivity index (χ2n) is 4.26. The van der Waals surface area contributed by atoms with Crippen molar-refractivity contribution in [1.82, 2.24) is 4.90 Å². The summed E-state index contributed by atoms with van der Waals surface area (Å²) >= 11 is 5.81. The van der Waals surface area contributed by atoms with E-state index in [-0.39, 0.29) is 0 Å². The zero-order valence-corrected chi connectivity index (χ0v) is 11.5.